The molecule has 2 unspecified atom stereocenters. The number of benzene rings is 1. The molecule has 1 N–H and O–H groups in total. The first-order chi connectivity index (χ1) is 9.69. The van der Waals surface area contributed by atoms with E-state index in [0.29, 0.717) is 6.04 Å². The molecule has 0 aliphatic heterocycles. The summed E-state index contributed by atoms with van der Waals surface area (Å²) in [5, 5.41) is 3.71. The largest absolute Gasteiger partial charge is 0.496 e. The fourth-order valence-corrected chi connectivity index (χ4v) is 4.28. The van der Waals surface area contributed by atoms with Crippen molar-refractivity contribution >= 4 is 22.9 Å². The first-order valence-electron chi connectivity index (χ1n) is 6.86. The highest BCUT2D eigenvalue weighted by atomic mass is 35.5. The predicted octanol–water partition coefficient (Wildman–Crippen LogP) is 4.75. The zero-order valence-electron chi connectivity index (χ0n) is 11.7. The van der Waals surface area contributed by atoms with E-state index in [0.717, 1.165) is 22.9 Å². The Bertz CT molecular complexity index is 610. The molecule has 4 heteroatoms. The number of para-hydroxylation sites is 1. The quantitative estimate of drug-likeness (QED) is 0.880. The summed E-state index contributed by atoms with van der Waals surface area (Å²) < 4.78 is 6.34. The molecule has 0 bridgehead atoms. The van der Waals surface area contributed by atoms with Crippen LogP contribution >= 0.6 is 22.9 Å². The predicted molar refractivity (Wildman–Crippen MR) is 84.9 cm³/mol. The Balaban J connectivity index is 1.78. The van der Waals surface area contributed by atoms with Crippen molar-refractivity contribution in [3.05, 3.63) is 50.7 Å². The van der Waals surface area contributed by atoms with E-state index in [2.05, 4.69) is 30.4 Å². The lowest BCUT2D eigenvalue weighted by molar-refractivity contribution is 0.393. The van der Waals surface area contributed by atoms with Crippen LogP contribution in [-0.4, -0.2) is 7.11 Å². The third kappa shape index (κ3) is 2.58. The number of thiophene rings is 1. The second-order valence-corrected chi connectivity index (χ2v) is 6.92. The van der Waals surface area contributed by atoms with Crippen molar-refractivity contribution in [1.29, 1.82) is 0 Å². The minimum atomic E-state index is 0.251. The minimum Gasteiger partial charge on any atom is -0.496 e. The Morgan fingerprint density at radius 1 is 1.40 bits per heavy atom. The molecule has 106 valence electrons. The molecule has 2 atom stereocenters. The maximum Gasteiger partial charge on any atom is 0.123 e. The van der Waals surface area contributed by atoms with Gasteiger partial charge in [-0.3, -0.25) is 0 Å². The summed E-state index contributed by atoms with van der Waals surface area (Å²) in [6.45, 7) is 2.18. The fourth-order valence-electron chi connectivity index (χ4n) is 2.92. The molecule has 1 aliphatic carbocycles. The van der Waals surface area contributed by atoms with Crippen LogP contribution in [0.4, 0.5) is 0 Å². The van der Waals surface area contributed by atoms with Crippen LogP contribution in [0, 0.1) is 0 Å². The van der Waals surface area contributed by atoms with E-state index in [1.807, 2.05) is 12.1 Å². The Morgan fingerprint density at radius 3 is 3.00 bits per heavy atom. The molecule has 0 radical (unpaired) electrons. The van der Waals surface area contributed by atoms with E-state index in [1.165, 1.54) is 16.0 Å². The van der Waals surface area contributed by atoms with E-state index in [-0.39, 0.29) is 6.04 Å². The molecule has 0 spiro atoms. The molecule has 0 amide bonds. The van der Waals surface area contributed by atoms with E-state index in [4.69, 9.17) is 16.3 Å². The standard InChI is InChI=1S/C16H18ClNOS/c1-10(11-5-3-4-6-14(11)19-2)18-13-7-8-15-12(13)9-16(17)20-15/h3-6,9-10,13,18H,7-8H2,1-2H3. The number of ether oxygens (including phenoxy) is 1. The van der Waals surface area contributed by atoms with Gasteiger partial charge >= 0.3 is 0 Å². The van der Waals surface area contributed by atoms with Crippen molar-refractivity contribution in [3.63, 3.8) is 0 Å². The summed E-state index contributed by atoms with van der Waals surface area (Å²) in [7, 11) is 1.72. The summed E-state index contributed by atoms with van der Waals surface area (Å²) in [5.74, 6) is 0.939. The van der Waals surface area contributed by atoms with Crippen molar-refractivity contribution in [2.24, 2.45) is 0 Å². The normalized spacial score (nSPS) is 18.9. The third-order valence-electron chi connectivity index (χ3n) is 3.90. The Morgan fingerprint density at radius 2 is 2.20 bits per heavy atom. The van der Waals surface area contributed by atoms with Crippen molar-refractivity contribution in [2.75, 3.05) is 7.11 Å². The fraction of sp³-hybridized carbons (Fsp3) is 0.375. The topological polar surface area (TPSA) is 21.3 Å². The monoisotopic (exact) mass is 307 g/mol. The van der Waals surface area contributed by atoms with Gasteiger partial charge in [0.15, 0.2) is 0 Å². The number of halogens is 1. The Kier molecular flexibility index (Phi) is 4.01. The van der Waals surface area contributed by atoms with Crippen LogP contribution in [0.15, 0.2) is 30.3 Å². The highest BCUT2D eigenvalue weighted by molar-refractivity contribution is 7.16. The van der Waals surface area contributed by atoms with Crippen molar-refractivity contribution in [3.8, 4) is 5.75 Å². The zero-order valence-corrected chi connectivity index (χ0v) is 13.2. The first-order valence-corrected chi connectivity index (χ1v) is 8.05. The molecular formula is C16H18ClNOS. The molecule has 2 nitrogen and oxygen atoms in total. The van der Waals surface area contributed by atoms with Gasteiger partial charge in [0, 0.05) is 22.5 Å². The van der Waals surface area contributed by atoms with Crippen LogP contribution in [0.25, 0.3) is 0 Å². The Hall–Kier alpha value is -1.03. The summed E-state index contributed by atoms with van der Waals surface area (Å²) >= 11 is 7.83. The van der Waals surface area contributed by atoms with Gasteiger partial charge in [0.05, 0.1) is 11.4 Å². The van der Waals surface area contributed by atoms with Crippen LogP contribution in [0.3, 0.4) is 0 Å². The first kappa shape index (κ1) is 13.9. The third-order valence-corrected chi connectivity index (χ3v) is 5.24. The number of methoxy groups -OCH3 is 1. The van der Waals surface area contributed by atoms with Gasteiger partial charge < -0.3 is 10.1 Å². The van der Waals surface area contributed by atoms with Crippen molar-refractivity contribution in [1.82, 2.24) is 5.32 Å². The van der Waals surface area contributed by atoms with E-state index in [1.54, 1.807) is 18.4 Å². The molecule has 3 rings (SSSR count). The number of fused-ring (bicyclic) bond motifs is 1. The maximum atomic E-state index is 6.12. The molecule has 1 aliphatic rings. The van der Waals surface area contributed by atoms with E-state index < -0.39 is 0 Å². The molecule has 2 aromatic rings. The molecule has 0 saturated heterocycles. The van der Waals surface area contributed by atoms with Crippen LogP contribution in [0.5, 0.6) is 5.75 Å². The second-order valence-electron chi connectivity index (χ2n) is 5.15. The lowest BCUT2D eigenvalue weighted by Gasteiger charge is -2.21. The van der Waals surface area contributed by atoms with Crippen LogP contribution in [0.1, 0.15) is 41.4 Å². The molecule has 0 fully saturated rings. The van der Waals surface area contributed by atoms with E-state index >= 15 is 0 Å². The average Bonchev–Trinajstić information content (AvgIpc) is 2.99. The lowest BCUT2D eigenvalue weighted by atomic mass is 10.0. The van der Waals surface area contributed by atoms with Crippen LogP contribution in [0.2, 0.25) is 4.34 Å². The van der Waals surface area contributed by atoms with Gasteiger partial charge in [-0.05, 0) is 37.5 Å². The summed E-state index contributed by atoms with van der Waals surface area (Å²) in [5.41, 5.74) is 2.58. The summed E-state index contributed by atoms with van der Waals surface area (Å²) in [4.78, 5) is 1.43. The maximum absolute atomic E-state index is 6.12. The van der Waals surface area contributed by atoms with Gasteiger partial charge in [0.1, 0.15) is 5.75 Å². The number of hydrogen-bond acceptors (Lipinski definition) is 3. The number of nitrogens with one attached hydrogen (secondary N) is 1. The smallest absolute Gasteiger partial charge is 0.123 e. The molecular weight excluding hydrogens is 290 g/mol. The van der Waals surface area contributed by atoms with Gasteiger partial charge in [-0.2, -0.15) is 0 Å². The van der Waals surface area contributed by atoms with Gasteiger partial charge in [-0.25, -0.2) is 0 Å². The van der Waals surface area contributed by atoms with Crippen LogP contribution in [-0.2, 0) is 6.42 Å². The zero-order chi connectivity index (χ0) is 14.1. The number of aryl methyl sites for hydroxylation is 1. The van der Waals surface area contributed by atoms with Crippen LogP contribution < -0.4 is 10.1 Å². The average molecular weight is 308 g/mol. The van der Waals surface area contributed by atoms with Gasteiger partial charge in [-0.15, -0.1) is 11.3 Å². The van der Waals surface area contributed by atoms with E-state index in [9.17, 15) is 0 Å². The lowest BCUT2D eigenvalue weighted by Crippen LogP contribution is -2.23. The van der Waals surface area contributed by atoms with Gasteiger partial charge in [0.2, 0.25) is 0 Å². The highest BCUT2D eigenvalue weighted by Crippen LogP contribution is 2.40. The number of hydrogen-bond donors (Lipinski definition) is 1. The molecule has 0 saturated carbocycles. The SMILES string of the molecule is COc1ccccc1C(C)NC1CCc2sc(Cl)cc21. The summed E-state index contributed by atoms with van der Waals surface area (Å²) in [6.07, 6.45) is 2.28. The second kappa shape index (κ2) is 5.76. The summed E-state index contributed by atoms with van der Waals surface area (Å²) in [6, 6.07) is 10.9. The number of rotatable bonds is 4. The van der Waals surface area contributed by atoms with Crippen molar-refractivity contribution in [2.45, 2.75) is 31.8 Å². The molecule has 1 aromatic heterocycles. The van der Waals surface area contributed by atoms with Gasteiger partial charge in [-0.1, -0.05) is 29.8 Å². The molecule has 1 heterocycles. The van der Waals surface area contributed by atoms with Gasteiger partial charge in [0.25, 0.3) is 0 Å². The van der Waals surface area contributed by atoms with Crippen molar-refractivity contribution < 1.29 is 4.74 Å². The molecule has 1 aromatic carbocycles. The highest BCUT2D eigenvalue weighted by Gasteiger charge is 2.26. The molecule has 20 heavy (non-hydrogen) atoms. The Labute approximate surface area is 128 Å². The minimum absolute atomic E-state index is 0.251.